The predicted octanol–water partition coefficient (Wildman–Crippen LogP) is 2.42. The van der Waals surface area contributed by atoms with E-state index in [0.29, 0.717) is 13.1 Å². The first-order chi connectivity index (χ1) is 11.7. The molecule has 0 bridgehead atoms. The largest absolute Gasteiger partial charge is 0.462 e. The van der Waals surface area contributed by atoms with E-state index in [1.54, 1.807) is 9.80 Å². The van der Waals surface area contributed by atoms with Crippen LogP contribution in [0.3, 0.4) is 0 Å². The molecule has 5 nitrogen and oxygen atoms in total. The second kappa shape index (κ2) is 6.00. The minimum absolute atomic E-state index is 0.102. The van der Waals surface area contributed by atoms with Gasteiger partial charge in [-0.3, -0.25) is 0 Å². The zero-order chi connectivity index (χ0) is 16.5. The van der Waals surface area contributed by atoms with Crippen LogP contribution in [-0.2, 0) is 22.6 Å². The molecule has 0 aliphatic carbocycles. The van der Waals surface area contributed by atoms with Crippen molar-refractivity contribution in [3.63, 3.8) is 0 Å². The Morgan fingerprint density at radius 2 is 1.38 bits per heavy atom. The number of hydrogen-bond acceptors (Lipinski definition) is 3. The van der Waals surface area contributed by atoms with Gasteiger partial charge in [0.25, 0.3) is 0 Å². The molecule has 0 spiro atoms. The molecule has 5 heteroatoms. The molecule has 2 aromatic carbocycles. The number of carbonyl (C=O) groups is 2. The summed E-state index contributed by atoms with van der Waals surface area (Å²) in [7, 11) is 0. The fourth-order valence-corrected chi connectivity index (χ4v) is 3.43. The molecule has 0 aromatic heterocycles. The summed E-state index contributed by atoms with van der Waals surface area (Å²) in [6, 6.07) is 18.7. The summed E-state index contributed by atoms with van der Waals surface area (Å²) in [5.41, 5.74) is 2.05. The van der Waals surface area contributed by atoms with Gasteiger partial charge in [-0.15, -0.1) is 0 Å². The number of nitrogens with zero attached hydrogens (tertiary/aromatic N) is 2. The number of ether oxygens (including phenoxy) is 1. The first-order valence-corrected chi connectivity index (χ1v) is 8.06. The first kappa shape index (κ1) is 14.8. The maximum absolute atomic E-state index is 12.9. The quantitative estimate of drug-likeness (QED) is 0.812. The normalized spacial score (nSPS) is 22.7. The van der Waals surface area contributed by atoms with Crippen molar-refractivity contribution in [1.82, 2.24) is 9.80 Å². The Labute approximate surface area is 140 Å². The molecule has 4 rings (SSSR count). The van der Waals surface area contributed by atoms with Crippen molar-refractivity contribution in [3.8, 4) is 0 Å². The topological polar surface area (TPSA) is 49.9 Å². The van der Waals surface area contributed by atoms with Gasteiger partial charge in [0.2, 0.25) is 0 Å². The van der Waals surface area contributed by atoms with Crippen molar-refractivity contribution in [2.24, 2.45) is 0 Å². The highest BCUT2D eigenvalue weighted by Gasteiger charge is 2.54. The van der Waals surface area contributed by atoms with Crippen LogP contribution in [0.25, 0.3) is 0 Å². The minimum Gasteiger partial charge on any atom is -0.462 e. The Morgan fingerprint density at radius 3 is 1.96 bits per heavy atom. The van der Waals surface area contributed by atoms with Crippen molar-refractivity contribution in [1.29, 1.82) is 0 Å². The number of carbonyl (C=O) groups excluding carboxylic acids is 2. The van der Waals surface area contributed by atoms with Crippen LogP contribution < -0.4 is 0 Å². The number of benzene rings is 2. The summed E-state index contributed by atoms with van der Waals surface area (Å²) in [5.74, 6) is -0.306. The number of cyclic esters (lactones) is 1. The SMILES string of the molecule is O=C1OC[C@H]2C1N(Cc1ccccc1)C(=O)N2Cc1ccccc1. The molecular formula is C19H18N2O3. The van der Waals surface area contributed by atoms with E-state index in [1.165, 1.54) is 0 Å². The van der Waals surface area contributed by atoms with Gasteiger partial charge in [0, 0.05) is 13.1 Å². The maximum atomic E-state index is 12.9. The number of amides is 2. The van der Waals surface area contributed by atoms with Gasteiger partial charge in [-0.05, 0) is 11.1 Å². The first-order valence-electron chi connectivity index (χ1n) is 8.06. The summed E-state index contributed by atoms with van der Waals surface area (Å²) in [6.07, 6.45) is 0. The van der Waals surface area contributed by atoms with Gasteiger partial charge >= 0.3 is 12.0 Å². The fraction of sp³-hybridized carbons (Fsp3) is 0.263. The average molecular weight is 322 g/mol. The lowest BCUT2D eigenvalue weighted by molar-refractivity contribution is -0.141. The third-order valence-electron chi connectivity index (χ3n) is 4.62. The molecule has 2 heterocycles. The summed E-state index contributed by atoms with van der Waals surface area (Å²) in [6.45, 7) is 1.18. The van der Waals surface area contributed by atoms with E-state index in [9.17, 15) is 9.59 Å². The van der Waals surface area contributed by atoms with Crippen LogP contribution in [0.4, 0.5) is 4.79 Å². The van der Waals surface area contributed by atoms with Crippen molar-refractivity contribution in [3.05, 3.63) is 71.8 Å². The Morgan fingerprint density at radius 1 is 0.833 bits per heavy atom. The number of esters is 1. The zero-order valence-electron chi connectivity index (χ0n) is 13.2. The average Bonchev–Trinajstić information content (AvgIpc) is 3.11. The highest BCUT2D eigenvalue weighted by Crippen LogP contribution is 2.31. The molecule has 0 radical (unpaired) electrons. The van der Waals surface area contributed by atoms with Gasteiger partial charge in [-0.2, -0.15) is 0 Å². The highest BCUT2D eigenvalue weighted by atomic mass is 16.5. The number of rotatable bonds is 4. The maximum Gasteiger partial charge on any atom is 0.331 e. The van der Waals surface area contributed by atoms with Gasteiger partial charge in [-0.25, -0.2) is 9.59 Å². The summed E-state index contributed by atoms with van der Waals surface area (Å²) in [5, 5.41) is 0. The Hall–Kier alpha value is -2.82. The van der Waals surface area contributed by atoms with E-state index >= 15 is 0 Å². The molecule has 1 unspecified atom stereocenters. The van der Waals surface area contributed by atoms with Gasteiger partial charge in [0.1, 0.15) is 6.61 Å². The Bertz CT molecular complexity index is 748. The molecule has 2 aromatic rings. The van der Waals surface area contributed by atoms with Crippen LogP contribution in [0, 0.1) is 0 Å². The lowest BCUT2D eigenvalue weighted by atomic mass is 10.1. The molecule has 2 aliphatic heterocycles. The molecule has 24 heavy (non-hydrogen) atoms. The second-order valence-corrected chi connectivity index (χ2v) is 6.15. The van der Waals surface area contributed by atoms with Crippen LogP contribution in [0.15, 0.2) is 60.7 Å². The number of hydrogen-bond donors (Lipinski definition) is 0. The third-order valence-corrected chi connectivity index (χ3v) is 4.62. The molecular weight excluding hydrogens is 304 g/mol. The Kier molecular flexibility index (Phi) is 3.69. The van der Waals surface area contributed by atoms with E-state index < -0.39 is 6.04 Å². The van der Waals surface area contributed by atoms with E-state index in [-0.39, 0.29) is 24.6 Å². The lowest BCUT2D eigenvalue weighted by Gasteiger charge is -2.22. The number of fused-ring (bicyclic) bond motifs is 1. The zero-order valence-corrected chi connectivity index (χ0v) is 13.2. The van der Waals surface area contributed by atoms with Crippen LogP contribution in [-0.4, -0.2) is 40.5 Å². The van der Waals surface area contributed by atoms with E-state index in [2.05, 4.69) is 0 Å². The van der Waals surface area contributed by atoms with Gasteiger partial charge in [-0.1, -0.05) is 60.7 Å². The van der Waals surface area contributed by atoms with Crippen molar-refractivity contribution >= 4 is 12.0 Å². The summed E-state index contributed by atoms with van der Waals surface area (Å²) in [4.78, 5) is 28.5. The molecule has 0 N–H and O–H groups in total. The van der Waals surface area contributed by atoms with Gasteiger partial charge in [0.05, 0.1) is 6.04 Å². The summed E-state index contributed by atoms with van der Waals surface area (Å²) < 4.78 is 5.23. The van der Waals surface area contributed by atoms with E-state index in [4.69, 9.17) is 4.74 Å². The van der Waals surface area contributed by atoms with E-state index in [1.807, 2.05) is 60.7 Å². The summed E-state index contributed by atoms with van der Waals surface area (Å²) >= 11 is 0. The molecule has 122 valence electrons. The molecule has 2 aliphatic rings. The highest BCUT2D eigenvalue weighted by molar-refractivity contribution is 5.90. The molecule has 2 fully saturated rings. The van der Waals surface area contributed by atoms with Gasteiger partial charge < -0.3 is 14.5 Å². The molecule has 0 saturated carbocycles. The Balaban J connectivity index is 1.60. The van der Waals surface area contributed by atoms with Crippen LogP contribution in [0.2, 0.25) is 0 Å². The molecule has 2 atom stereocenters. The van der Waals surface area contributed by atoms with E-state index in [0.717, 1.165) is 11.1 Å². The lowest BCUT2D eigenvalue weighted by Crippen LogP contribution is -2.38. The fourth-order valence-electron chi connectivity index (χ4n) is 3.43. The number of urea groups is 1. The van der Waals surface area contributed by atoms with Crippen molar-refractivity contribution in [2.75, 3.05) is 6.61 Å². The molecule has 2 saturated heterocycles. The smallest absolute Gasteiger partial charge is 0.331 e. The molecule has 2 amide bonds. The van der Waals surface area contributed by atoms with Crippen LogP contribution in [0.5, 0.6) is 0 Å². The van der Waals surface area contributed by atoms with Crippen LogP contribution in [0.1, 0.15) is 11.1 Å². The standard InChI is InChI=1S/C19H18N2O3/c22-18-17-16(13-24-18)20(11-14-7-3-1-4-8-14)19(23)21(17)12-15-9-5-2-6-10-15/h1-10,16-17H,11-13H2/t16-,17?/m0/s1. The third kappa shape index (κ3) is 2.52. The monoisotopic (exact) mass is 322 g/mol. The minimum atomic E-state index is -0.513. The van der Waals surface area contributed by atoms with Crippen LogP contribution >= 0.6 is 0 Å². The van der Waals surface area contributed by atoms with Crippen molar-refractivity contribution < 1.29 is 14.3 Å². The van der Waals surface area contributed by atoms with Gasteiger partial charge in [0.15, 0.2) is 6.04 Å². The predicted molar refractivity (Wildman–Crippen MR) is 87.9 cm³/mol. The van der Waals surface area contributed by atoms with Crippen molar-refractivity contribution in [2.45, 2.75) is 25.2 Å². The second-order valence-electron chi connectivity index (χ2n) is 6.15.